The molecule has 0 fully saturated rings. The van der Waals surface area contributed by atoms with Gasteiger partial charge in [0.05, 0.1) is 34.1 Å². The Kier molecular flexibility index (Phi) is 6.95. The normalized spacial score (nSPS) is 11.1. The van der Waals surface area contributed by atoms with Gasteiger partial charge in [-0.25, -0.2) is 9.97 Å². The molecule has 0 amide bonds. The highest BCUT2D eigenvalue weighted by Crippen LogP contribution is 2.40. The number of hydrogen-bond donors (Lipinski definition) is 4. The molecule has 0 aliphatic heterocycles. The largest absolute Gasteiger partial charge is 0.481 e. The van der Waals surface area contributed by atoms with Gasteiger partial charge in [0.2, 0.25) is 0 Å². The Hall–Kier alpha value is -4.47. The number of carboxylic acid groups (broad SMARTS) is 1. The van der Waals surface area contributed by atoms with E-state index in [0.717, 1.165) is 58.6 Å². The summed E-state index contributed by atoms with van der Waals surface area (Å²) in [7, 11) is 0. The molecule has 0 radical (unpaired) electrons. The van der Waals surface area contributed by atoms with Crippen LogP contribution < -0.4 is 11.3 Å². The Labute approximate surface area is 221 Å². The third-order valence-corrected chi connectivity index (χ3v) is 6.40. The summed E-state index contributed by atoms with van der Waals surface area (Å²) >= 11 is 6.19. The number of hydrogen-bond acceptors (Lipinski definition) is 5. The van der Waals surface area contributed by atoms with Gasteiger partial charge in [0, 0.05) is 35.0 Å². The zero-order valence-electron chi connectivity index (χ0n) is 20.5. The molecule has 0 atom stereocenters. The molecule has 0 saturated carbocycles. The molecule has 0 saturated heterocycles. The number of benzene rings is 3. The lowest BCUT2D eigenvalue weighted by Crippen LogP contribution is -2.12. The van der Waals surface area contributed by atoms with Crippen molar-refractivity contribution in [1.29, 1.82) is 0 Å². The van der Waals surface area contributed by atoms with E-state index in [1.165, 1.54) is 0 Å². The maximum absolute atomic E-state index is 13.4. The number of fused-ring (bicyclic) bond motifs is 3. The van der Waals surface area contributed by atoms with Crippen LogP contribution in [0.1, 0.15) is 13.3 Å². The van der Waals surface area contributed by atoms with Crippen molar-refractivity contribution in [2.45, 2.75) is 19.9 Å². The molecular formula is C28H25ClN6O3. The first-order valence-electron chi connectivity index (χ1n) is 12.0. The molecule has 0 bridgehead atoms. The number of aliphatic carboxylic acids is 1. The van der Waals surface area contributed by atoms with Gasteiger partial charge in [0.25, 0.3) is 11.5 Å². The highest BCUT2D eigenvalue weighted by atomic mass is 35.5. The molecule has 0 unspecified atom stereocenters. The third-order valence-electron chi connectivity index (χ3n) is 6.14. The second-order valence-corrected chi connectivity index (χ2v) is 9.20. The Morgan fingerprint density at radius 1 is 1.08 bits per heavy atom. The Balaban J connectivity index is 0.000000689. The predicted molar refractivity (Wildman–Crippen MR) is 150 cm³/mol. The zero-order chi connectivity index (χ0) is 26.8. The van der Waals surface area contributed by atoms with E-state index in [1.54, 1.807) is 6.33 Å². The monoisotopic (exact) mass is 528 g/mol. The number of aryl methyl sites for hydroxylation is 1. The van der Waals surface area contributed by atoms with Crippen LogP contribution in [0.3, 0.4) is 0 Å². The lowest BCUT2D eigenvalue weighted by molar-refractivity contribution is -0.134. The summed E-state index contributed by atoms with van der Waals surface area (Å²) in [6.45, 7) is 2.37. The van der Waals surface area contributed by atoms with E-state index in [4.69, 9.17) is 32.2 Å². The quantitative estimate of drug-likeness (QED) is 0.243. The number of H-pyrrole nitrogens is 2. The van der Waals surface area contributed by atoms with Crippen molar-refractivity contribution in [3.8, 4) is 22.5 Å². The van der Waals surface area contributed by atoms with Crippen molar-refractivity contribution in [1.82, 2.24) is 24.5 Å². The number of imidazole rings is 1. The maximum Gasteiger partial charge on any atom is 0.300 e. The number of nitrogens with zero attached hydrogens (tertiary/aromatic N) is 3. The molecule has 0 aliphatic rings. The summed E-state index contributed by atoms with van der Waals surface area (Å²) < 4.78 is 2.23. The van der Waals surface area contributed by atoms with Gasteiger partial charge in [-0.05, 0) is 48.9 Å². The van der Waals surface area contributed by atoms with E-state index in [-0.39, 0.29) is 5.56 Å². The van der Waals surface area contributed by atoms with Crippen molar-refractivity contribution < 1.29 is 9.90 Å². The van der Waals surface area contributed by atoms with Crippen LogP contribution in [0.4, 0.5) is 0 Å². The standard InChI is InChI=1S/C26H21ClN6O.C2H4O2/c27-16-8-6-15(7-9-16)25-23(17-4-1-2-5-22(17)33(25)11-3-10-28)24-26(34)32-21-13-19-18(29-14-30-19)12-20(21)31-24;1-2(3)4/h1-2,4-9,12-14H,3,10-11,28H2,(H,29,30)(H,32,34);1H3,(H,3,4). The number of halogens is 1. The molecule has 38 heavy (non-hydrogen) atoms. The molecule has 9 nitrogen and oxygen atoms in total. The number of rotatable bonds is 5. The second kappa shape index (κ2) is 10.5. The van der Waals surface area contributed by atoms with Crippen molar-refractivity contribution in [3.63, 3.8) is 0 Å². The smallest absolute Gasteiger partial charge is 0.300 e. The summed E-state index contributed by atoms with van der Waals surface area (Å²) in [6, 6.07) is 19.5. The highest BCUT2D eigenvalue weighted by molar-refractivity contribution is 6.30. The number of aromatic amines is 2. The minimum atomic E-state index is -0.833. The fraction of sp³-hybridized carbons (Fsp3) is 0.143. The van der Waals surface area contributed by atoms with E-state index in [2.05, 4.69) is 25.6 Å². The SMILES string of the molecule is CC(=O)O.NCCCn1c(-c2ccc(Cl)cc2)c(-c2nc3cc4[nH]cnc4cc3[nH]c2=O)c2ccccc21. The van der Waals surface area contributed by atoms with Crippen LogP contribution >= 0.6 is 11.6 Å². The summed E-state index contributed by atoms with van der Waals surface area (Å²) in [5.74, 6) is -0.833. The van der Waals surface area contributed by atoms with Crippen LogP contribution in [0, 0.1) is 0 Å². The fourth-order valence-corrected chi connectivity index (χ4v) is 4.74. The van der Waals surface area contributed by atoms with Gasteiger partial charge >= 0.3 is 0 Å². The molecular weight excluding hydrogens is 504 g/mol. The van der Waals surface area contributed by atoms with Gasteiger partial charge in [0.1, 0.15) is 5.69 Å². The van der Waals surface area contributed by atoms with Gasteiger partial charge in [-0.15, -0.1) is 0 Å². The lowest BCUT2D eigenvalue weighted by atomic mass is 10.0. The van der Waals surface area contributed by atoms with Crippen molar-refractivity contribution in [2.75, 3.05) is 6.54 Å². The Bertz CT molecular complexity index is 1830. The van der Waals surface area contributed by atoms with Crippen molar-refractivity contribution >= 4 is 50.5 Å². The molecule has 192 valence electrons. The fourth-order valence-electron chi connectivity index (χ4n) is 4.62. The summed E-state index contributed by atoms with van der Waals surface area (Å²) in [4.78, 5) is 37.7. The number of nitrogens with two attached hydrogens (primary N) is 1. The number of nitrogens with one attached hydrogen (secondary N) is 2. The average Bonchev–Trinajstić information content (AvgIpc) is 3.48. The molecule has 0 spiro atoms. The first-order valence-corrected chi connectivity index (χ1v) is 12.4. The lowest BCUT2D eigenvalue weighted by Gasteiger charge is -2.13. The molecule has 6 rings (SSSR count). The van der Waals surface area contributed by atoms with E-state index >= 15 is 0 Å². The first-order chi connectivity index (χ1) is 18.4. The summed E-state index contributed by atoms with van der Waals surface area (Å²) in [5, 5.41) is 9.03. The van der Waals surface area contributed by atoms with Gasteiger partial charge < -0.3 is 25.4 Å². The van der Waals surface area contributed by atoms with Gasteiger partial charge in [-0.3, -0.25) is 9.59 Å². The van der Waals surface area contributed by atoms with Crippen molar-refractivity contribution in [2.24, 2.45) is 5.73 Å². The van der Waals surface area contributed by atoms with E-state index in [9.17, 15) is 4.79 Å². The van der Waals surface area contributed by atoms with Crippen molar-refractivity contribution in [3.05, 3.63) is 82.4 Å². The van der Waals surface area contributed by atoms with Gasteiger partial charge in [-0.1, -0.05) is 41.9 Å². The predicted octanol–water partition coefficient (Wildman–Crippen LogP) is 5.18. The van der Waals surface area contributed by atoms with Crippen LogP contribution in [0.15, 0.2) is 71.8 Å². The Morgan fingerprint density at radius 2 is 1.79 bits per heavy atom. The molecule has 3 aromatic heterocycles. The molecule has 3 aromatic carbocycles. The van der Waals surface area contributed by atoms with Crippen LogP contribution in [-0.4, -0.2) is 42.1 Å². The molecule has 3 heterocycles. The average molecular weight is 529 g/mol. The molecule has 10 heteroatoms. The minimum Gasteiger partial charge on any atom is -0.481 e. The van der Waals surface area contributed by atoms with E-state index in [0.29, 0.717) is 28.3 Å². The zero-order valence-corrected chi connectivity index (χ0v) is 21.3. The van der Waals surface area contributed by atoms with Crippen LogP contribution in [0.2, 0.25) is 5.02 Å². The van der Waals surface area contributed by atoms with E-state index in [1.807, 2.05) is 54.6 Å². The number of para-hydroxylation sites is 1. The molecule has 5 N–H and O–H groups in total. The summed E-state index contributed by atoms with van der Waals surface area (Å²) in [6.07, 6.45) is 2.43. The van der Waals surface area contributed by atoms with Crippen LogP contribution in [0.25, 0.3) is 55.5 Å². The number of carbonyl (C=O) groups is 1. The second-order valence-electron chi connectivity index (χ2n) is 8.76. The maximum atomic E-state index is 13.4. The topological polar surface area (TPSA) is 143 Å². The highest BCUT2D eigenvalue weighted by Gasteiger charge is 2.23. The van der Waals surface area contributed by atoms with Crippen LogP contribution in [-0.2, 0) is 11.3 Å². The number of aromatic nitrogens is 5. The summed E-state index contributed by atoms with van der Waals surface area (Å²) in [5.41, 5.74) is 12.7. The van der Waals surface area contributed by atoms with E-state index < -0.39 is 5.97 Å². The van der Waals surface area contributed by atoms with Gasteiger partial charge in [0.15, 0.2) is 0 Å². The molecule has 0 aliphatic carbocycles. The molecule has 6 aromatic rings. The first kappa shape index (κ1) is 25.2. The van der Waals surface area contributed by atoms with Gasteiger partial charge in [-0.2, -0.15) is 0 Å². The Morgan fingerprint density at radius 3 is 2.53 bits per heavy atom. The number of carboxylic acids is 1. The van der Waals surface area contributed by atoms with Crippen LogP contribution in [0.5, 0.6) is 0 Å². The third kappa shape index (κ3) is 4.77. The minimum absolute atomic E-state index is 0.251.